The zero-order valence-electron chi connectivity index (χ0n) is 23.9. The van der Waals surface area contributed by atoms with E-state index in [0.29, 0.717) is 11.1 Å². The van der Waals surface area contributed by atoms with Gasteiger partial charge in [0.15, 0.2) is 11.6 Å². The number of phenols is 1. The van der Waals surface area contributed by atoms with Gasteiger partial charge in [-0.05, 0) is 85.0 Å². The van der Waals surface area contributed by atoms with Crippen molar-refractivity contribution < 1.29 is 48.5 Å². The van der Waals surface area contributed by atoms with E-state index >= 15 is 0 Å². The van der Waals surface area contributed by atoms with Crippen molar-refractivity contribution in [2.45, 2.75) is 18.8 Å². The van der Waals surface area contributed by atoms with Crippen molar-refractivity contribution in [3.63, 3.8) is 0 Å². The number of amides is 4. The van der Waals surface area contributed by atoms with Crippen molar-refractivity contribution >= 4 is 46.9 Å². The van der Waals surface area contributed by atoms with Crippen LogP contribution in [-0.2, 0) is 19.2 Å². The van der Waals surface area contributed by atoms with Crippen LogP contribution in [0.2, 0.25) is 0 Å². The predicted octanol–water partition coefficient (Wildman–Crippen LogP) is 3.97. The number of hydrogen-bond acceptors (Lipinski definition) is 7. The molecule has 11 nitrogen and oxygen atoms in total. The molecule has 0 aromatic heterocycles. The molecule has 2 aliphatic heterocycles. The summed E-state index contributed by atoms with van der Waals surface area (Å²) in [6.07, 6.45) is 2.01. The van der Waals surface area contributed by atoms with Crippen molar-refractivity contribution in [3.05, 3.63) is 101 Å². The summed E-state index contributed by atoms with van der Waals surface area (Å²) in [5.74, 6) is -11.0. The maximum atomic E-state index is 14.7. The molecule has 2 heterocycles. The lowest BCUT2D eigenvalue weighted by Crippen LogP contribution is -2.43. The number of imide groups is 2. The van der Waals surface area contributed by atoms with E-state index < -0.39 is 82.6 Å². The quantitative estimate of drug-likeness (QED) is 0.281. The first kappa shape index (κ1) is 29.1. The molecular formula is C34H25FN2O9. The fourth-order valence-corrected chi connectivity index (χ4v) is 7.70. The van der Waals surface area contributed by atoms with Gasteiger partial charge in [-0.3, -0.25) is 29.0 Å². The van der Waals surface area contributed by atoms with Gasteiger partial charge in [0, 0.05) is 5.92 Å². The molecule has 7 rings (SSSR count). The molecule has 4 aliphatic rings. The smallest absolute Gasteiger partial charge is 0.335 e. The third-order valence-electron chi connectivity index (χ3n) is 9.72. The number of halogens is 1. The van der Waals surface area contributed by atoms with Crippen LogP contribution >= 0.6 is 0 Å². The number of carbonyl (C=O) groups excluding carboxylic acids is 4. The number of carbonyl (C=O) groups is 6. The van der Waals surface area contributed by atoms with Gasteiger partial charge in [-0.2, -0.15) is 0 Å². The number of anilines is 2. The number of fused-ring (bicyclic) bond motifs is 4. The Morgan fingerprint density at radius 3 is 1.72 bits per heavy atom. The predicted molar refractivity (Wildman–Crippen MR) is 157 cm³/mol. The van der Waals surface area contributed by atoms with Crippen LogP contribution in [0, 0.1) is 35.4 Å². The van der Waals surface area contributed by atoms with E-state index in [1.54, 1.807) is 6.08 Å². The average molecular weight is 625 g/mol. The number of carboxylic acid groups (broad SMARTS) is 2. The summed E-state index contributed by atoms with van der Waals surface area (Å²) in [5, 5.41) is 28.5. The highest BCUT2D eigenvalue weighted by Crippen LogP contribution is 2.58. The van der Waals surface area contributed by atoms with Gasteiger partial charge in [-0.15, -0.1) is 0 Å². The van der Waals surface area contributed by atoms with E-state index in [4.69, 9.17) is 0 Å². The van der Waals surface area contributed by atoms with Gasteiger partial charge in [0.25, 0.3) is 0 Å². The number of allylic oxidation sites excluding steroid dienone is 2. The normalized spacial score (nSPS) is 26.8. The fourth-order valence-electron chi connectivity index (χ4n) is 7.70. The second-order valence-corrected chi connectivity index (χ2v) is 12.0. The molecule has 232 valence electrons. The molecule has 6 atom stereocenters. The summed E-state index contributed by atoms with van der Waals surface area (Å²) in [7, 11) is 0. The first-order chi connectivity index (χ1) is 22.0. The summed E-state index contributed by atoms with van der Waals surface area (Å²) in [6, 6.07) is 14.4. The Morgan fingerprint density at radius 1 is 0.674 bits per heavy atom. The van der Waals surface area contributed by atoms with E-state index in [1.807, 2.05) is 0 Å². The minimum absolute atomic E-state index is 0.0157. The van der Waals surface area contributed by atoms with Gasteiger partial charge in [0.05, 0.1) is 46.2 Å². The van der Waals surface area contributed by atoms with Crippen LogP contribution in [0.3, 0.4) is 0 Å². The van der Waals surface area contributed by atoms with Crippen molar-refractivity contribution in [2.75, 3.05) is 9.80 Å². The zero-order chi connectivity index (χ0) is 32.6. The molecule has 4 amide bonds. The maximum absolute atomic E-state index is 14.7. The molecule has 0 unspecified atom stereocenters. The number of nitrogens with zero attached hydrogens (tertiary/aromatic N) is 2. The molecule has 1 saturated carbocycles. The highest BCUT2D eigenvalue weighted by atomic mass is 19.1. The van der Waals surface area contributed by atoms with E-state index in [9.17, 15) is 48.5 Å². The SMILES string of the molecule is O=C(O)c1ccc(N2C(=O)[C@H]3[C@H](CC=C4[C@H]3C[C@H]3C(=O)N(c5ccc(C(=O)O)cc5)C(=O)[C@H]3[C@H]4c3ccc(O)c(F)c3)C2=O)cc1. The Balaban J connectivity index is 1.30. The molecule has 3 aromatic carbocycles. The fraction of sp³-hybridized carbons (Fsp3) is 0.235. The molecule has 0 spiro atoms. The molecule has 46 heavy (non-hydrogen) atoms. The van der Waals surface area contributed by atoms with Gasteiger partial charge in [-0.1, -0.05) is 17.7 Å². The van der Waals surface area contributed by atoms with Crippen LogP contribution in [0.15, 0.2) is 78.4 Å². The third-order valence-corrected chi connectivity index (χ3v) is 9.72. The van der Waals surface area contributed by atoms with Crippen LogP contribution < -0.4 is 9.80 Å². The maximum Gasteiger partial charge on any atom is 0.335 e. The number of phenolic OH excluding ortho intramolecular Hbond substituents is 1. The molecule has 3 fully saturated rings. The van der Waals surface area contributed by atoms with Crippen molar-refractivity contribution in [2.24, 2.45) is 29.6 Å². The first-order valence-corrected chi connectivity index (χ1v) is 14.6. The number of benzene rings is 3. The van der Waals surface area contributed by atoms with Crippen molar-refractivity contribution in [3.8, 4) is 5.75 Å². The summed E-state index contributed by atoms with van der Waals surface area (Å²) < 4.78 is 14.7. The molecule has 0 radical (unpaired) electrons. The number of rotatable bonds is 5. The largest absolute Gasteiger partial charge is 0.505 e. The molecule has 12 heteroatoms. The molecule has 0 bridgehead atoms. The Hall–Kier alpha value is -5.65. The number of aromatic hydroxyl groups is 1. The van der Waals surface area contributed by atoms with E-state index in [0.717, 1.165) is 21.9 Å². The minimum Gasteiger partial charge on any atom is -0.505 e. The van der Waals surface area contributed by atoms with Crippen LogP contribution in [0.25, 0.3) is 0 Å². The summed E-state index contributed by atoms with van der Waals surface area (Å²) in [6.45, 7) is 0. The molecule has 2 saturated heterocycles. The van der Waals surface area contributed by atoms with Gasteiger partial charge in [0.1, 0.15) is 0 Å². The second kappa shape index (κ2) is 10.5. The second-order valence-electron chi connectivity index (χ2n) is 12.0. The van der Waals surface area contributed by atoms with Gasteiger partial charge < -0.3 is 15.3 Å². The van der Waals surface area contributed by atoms with Crippen LogP contribution in [-0.4, -0.2) is 50.9 Å². The first-order valence-electron chi connectivity index (χ1n) is 14.6. The topological polar surface area (TPSA) is 170 Å². The Labute approximate surface area is 260 Å². The summed E-state index contributed by atoms with van der Waals surface area (Å²) in [4.78, 5) is 80.5. The van der Waals surface area contributed by atoms with Gasteiger partial charge in [-0.25, -0.2) is 14.0 Å². The lowest BCUT2D eigenvalue weighted by atomic mass is 9.57. The highest BCUT2D eigenvalue weighted by molar-refractivity contribution is 6.24. The van der Waals surface area contributed by atoms with Crippen molar-refractivity contribution in [1.29, 1.82) is 0 Å². The minimum atomic E-state index is -1.18. The van der Waals surface area contributed by atoms with Crippen LogP contribution in [0.5, 0.6) is 5.75 Å². The van der Waals surface area contributed by atoms with E-state index in [-0.39, 0.29) is 35.3 Å². The lowest BCUT2D eigenvalue weighted by molar-refractivity contribution is -0.126. The van der Waals surface area contributed by atoms with Crippen molar-refractivity contribution in [1.82, 2.24) is 0 Å². The molecule has 3 aromatic rings. The number of aromatic carboxylic acids is 2. The molecule has 2 aliphatic carbocycles. The zero-order valence-corrected chi connectivity index (χ0v) is 23.9. The molecular weight excluding hydrogens is 599 g/mol. The van der Waals surface area contributed by atoms with Gasteiger partial charge in [0.2, 0.25) is 23.6 Å². The Kier molecular flexibility index (Phi) is 6.62. The van der Waals surface area contributed by atoms with E-state index in [1.165, 1.54) is 54.6 Å². The lowest BCUT2D eigenvalue weighted by Gasteiger charge is -2.44. The van der Waals surface area contributed by atoms with Gasteiger partial charge >= 0.3 is 11.9 Å². The number of carboxylic acids is 2. The average Bonchev–Trinajstić information content (AvgIpc) is 3.45. The van der Waals surface area contributed by atoms with Crippen LogP contribution in [0.4, 0.5) is 15.8 Å². The Bertz CT molecular complexity index is 1900. The standard InChI is InChI=1S/C34H25FN2O9/c35-24-13-17(5-12-25(24)38)26-20-10-11-21-27(31(41)36(29(21)39)18-6-1-15(2-7-18)33(43)44)22(20)14-23-28(26)32(42)37(30(23)40)19-8-3-16(4-9-19)34(45)46/h1-10,12-13,21-23,26-28,38H,11,14H2,(H,43,44)(H,45,46)/t21-,22+,23+,26-,27-,28+/m0/s1. The van der Waals surface area contributed by atoms with Crippen LogP contribution in [0.1, 0.15) is 45.0 Å². The Morgan fingerprint density at radius 2 is 1.20 bits per heavy atom. The highest BCUT2D eigenvalue weighted by Gasteiger charge is 2.62. The summed E-state index contributed by atoms with van der Waals surface area (Å²) >= 11 is 0. The monoisotopic (exact) mass is 624 g/mol. The number of hydrogen-bond donors (Lipinski definition) is 3. The summed E-state index contributed by atoms with van der Waals surface area (Å²) in [5.41, 5.74) is 1.28. The molecule has 3 N–H and O–H groups in total. The third kappa shape index (κ3) is 4.24. The van der Waals surface area contributed by atoms with E-state index in [2.05, 4.69) is 0 Å².